The second kappa shape index (κ2) is 9.65. The molecular formula is C25H31N5O2S. The maximum Gasteiger partial charge on any atom is 0.251 e. The Kier molecular flexibility index (Phi) is 6.46. The lowest BCUT2D eigenvalue weighted by Crippen LogP contribution is -2.53. The van der Waals surface area contributed by atoms with E-state index in [1.54, 1.807) is 11.3 Å². The van der Waals surface area contributed by atoms with E-state index in [0.29, 0.717) is 23.4 Å². The van der Waals surface area contributed by atoms with Gasteiger partial charge in [-0.3, -0.25) is 9.59 Å². The first-order valence-corrected chi connectivity index (χ1v) is 12.8. The van der Waals surface area contributed by atoms with Crippen LogP contribution >= 0.6 is 11.3 Å². The highest BCUT2D eigenvalue weighted by molar-refractivity contribution is 7.13. The van der Waals surface area contributed by atoms with Gasteiger partial charge in [-0.25, -0.2) is 4.98 Å². The molecule has 1 aliphatic heterocycles. The normalized spacial score (nSPS) is 21.7. The second-order valence-corrected chi connectivity index (χ2v) is 10.2. The van der Waals surface area contributed by atoms with Crippen molar-refractivity contribution >= 4 is 34.0 Å². The summed E-state index contributed by atoms with van der Waals surface area (Å²) in [6.45, 7) is 3.30. The lowest BCUT2D eigenvalue weighted by atomic mass is 9.90. The van der Waals surface area contributed by atoms with Gasteiger partial charge >= 0.3 is 0 Å². The zero-order chi connectivity index (χ0) is 22.8. The van der Waals surface area contributed by atoms with Gasteiger partial charge in [0, 0.05) is 46.2 Å². The molecule has 1 saturated heterocycles. The standard InChI is InChI=1S/C25H31N5O2S/c1-15-12-17-18(21-8-5-11-33-21)14-27-23(22(17)30-24(15)31)29-20-9-10-26-13-19(20)25(32)28-16-6-3-2-4-7-16/h5,8,11-12,14,16,19-20,26H,2-4,6-7,9-10,13H2,1H3,(H,27,29)(H,28,32)(H,30,31)/t19-,20-/m1/s1. The lowest BCUT2D eigenvalue weighted by Gasteiger charge is -2.34. The number of nitrogens with one attached hydrogen (secondary N) is 4. The summed E-state index contributed by atoms with van der Waals surface area (Å²) in [7, 11) is 0. The Hall–Kier alpha value is -2.71. The van der Waals surface area contributed by atoms with Crippen molar-refractivity contribution in [1.29, 1.82) is 0 Å². The molecule has 5 rings (SSSR count). The molecule has 174 valence electrons. The number of aryl methyl sites for hydroxylation is 1. The van der Waals surface area contributed by atoms with E-state index < -0.39 is 0 Å². The Balaban J connectivity index is 1.44. The Morgan fingerprint density at radius 3 is 2.85 bits per heavy atom. The second-order valence-electron chi connectivity index (χ2n) is 9.26. The minimum absolute atomic E-state index is 0.0528. The van der Waals surface area contributed by atoms with Gasteiger partial charge < -0.3 is 20.9 Å². The fraction of sp³-hybridized carbons (Fsp3) is 0.480. The van der Waals surface area contributed by atoms with Gasteiger partial charge in [0.05, 0.1) is 11.4 Å². The van der Waals surface area contributed by atoms with Gasteiger partial charge in [0.1, 0.15) is 0 Å². The number of amides is 1. The summed E-state index contributed by atoms with van der Waals surface area (Å²) in [4.78, 5) is 34.5. The van der Waals surface area contributed by atoms with Gasteiger partial charge in [-0.1, -0.05) is 25.3 Å². The molecule has 1 aliphatic carbocycles. The van der Waals surface area contributed by atoms with Gasteiger partial charge in [-0.05, 0) is 50.2 Å². The maximum absolute atomic E-state index is 13.2. The highest BCUT2D eigenvalue weighted by Gasteiger charge is 2.33. The van der Waals surface area contributed by atoms with Gasteiger partial charge in [0.2, 0.25) is 5.91 Å². The smallest absolute Gasteiger partial charge is 0.251 e. The summed E-state index contributed by atoms with van der Waals surface area (Å²) < 4.78 is 0. The number of hydrogen-bond acceptors (Lipinski definition) is 6. The quantitative estimate of drug-likeness (QED) is 0.459. The Bertz CT molecular complexity index is 1180. The topological polar surface area (TPSA) is 98.9 Å². The number of piperidine rings is 1. The van der Waals surface area contributed by atoms with Crippen molar-refractivity contribution in [2.45, 2.75) is 57.5 Å². The molecule has 1 saturated carbocycles. The van der Waals surface area contributed by atoms with Gasteiger partial charge in [0.25, 0.3) is 5.56 Å². The summed E-state index contributed by atoms with van der Waals surface area (Å²) in [6.07, 6.45) is 8.46. The third kappa shape index (κ3) is 4.68. The maximum atomic E-state index is 13.2. The molecular weight excluding hydrogens is 434 g/mol. The zero-order valence-corrected chi connectivity index (χ0v) is 19.8. The van der Waals surface area contributed by atoms with Crippen LogP contribution in [0.15, 0.2) is 34.6 Å². The molecule has 3 aromatic rings. The SMILES string of the molecule is Cc1cc2c(-c3cccs3)cnc(N[C@@H]3CCNC[C@H]3C(=O)NC3CCCCC3)c2[nH]c1=O. The van der Waals surface area contributed by atoms with E-state index in [1.807, 2.05) is 30.6 Å². The number of fused-ring (bicyclic) bond motifs is 1. The van der Waals surface area contributed by atoms with Crippen LogP contribution in [0.2, 0.25) is 0 Å². The molecule has 2 aliphatic rings. The Labute approximate surface area is 197 Å². The molecule has 4 N–H and O–H groups in total. The molecule has 4 heterocycles. The average molecular weight is 466 g/mol. The first-order chi connectivity index (χ1) is 16.1. The molecule has 0 aromatic carbocycles. The number of rotatable bonds is 5. The summed E-state index contributed by atoms with van der Waals surface area (Å²) in [5.74, 6) is 0.548. The van der Waals surface area contributed by atoms with Crippen LogP contribution in [0.4, 0.5) is 5.82 Å². The first-order valence-electron chi connectivity index (χ1n) is 11.9. The van der Waals surface area contributed by atoms with Crippen LogP contribution < -0.4 is 21.5 Å². The van der Waals surface area contributed by atoms with Crippen LogP contribution in [0, 0.1) is 12.8 Å². The summed E-state index contributed by atoms with van der Waals surface area (Å²) in [6, 6.07) is 6.25. The average Bonchev–Trinajstić information content (AvgIpc) is 3.36. The van der Waals surface area contributed by atoms with Crippen molar-refractivity contribution in [3.8, 4) is 10.4 Å². The molecule has 0 unspecified atom stereocenters. The summed E-state index contributed by atoms with van der Waals surface area (Å²) in [5, 5.41) is 13.2. The van der Waals surface area contributed by atoms with Gasteiger partial charge in [-0.2, -0.15) is 0 Å². The molecule has 0 spiro atoms. The molecule has 7 nitrogen and oxygen atoms in total. The van der Waals surface area contributed by atoms with Crippen LogP contribution in [-0.2, 0) is 4.79 Å². The molecule has 0 bridgehead atoms. The van der Waals surface area contributed by atoms with Gasteiger partial charge in [-0.15, -0.1) is 11.3 Å². The van der Waals surface area contributed by atoms with Crippen molar-refractivity contribution in [2.24, 2.45) is 5.92 Å². The van der Waals surface area contributed by atoms with Crippen LogP contribution in [0.25, 0.3) is 21.3 Å². The molecule has 2 atom stereocenters. The summed E-state index contributed by atoms with van der Waals surface area (Å²) in [5.41, 5.74) is 2.25. The van der Waals surface area contributed by atoms with Crippen molar-refractivity contribution in [3.63, 3.8) is 0 Å². The molecule has 1 amide bonds. The van der Waals surface area contributed by atoms with Crippen molar-refractivity contribution < 1.29 is 4.79 Å². The highest BCUT2D eigenvalue weighted by atomic mass is 32.1. The molecule has 8 heteroatoms. The van der Waals surface area contributed by atoms with Gasteiger partial charge in [0.15, 0.2) is 5.82 Å². The number of carbonyl (C=O) groups excluding carboxylic acids is 1. The third-order valence-corrected chi connectivity index (χ3v) is 7.86. The number of H-pyrrole nitrogens is 1. The van der Waals surface area contributed by atoms with E-state index in [1.165, 1.54) is 19.3 Å². The number of nitrogens with zero attached hydrogens (tertiary/aromatic N) is 1. The Morgan fingerprint density at radius 1 is 1.21 bits per heavy atom. The minimum atomic E-state index is -0.188. The monoisotopic (exact) mass is 465 g/mol. The predicted octanol–water partition coefficient (Wildman–Crippen LogP) is 3.80. The zero-order valence-electron chi connectivity index (χ0n) is 18.9. The van der Waals surface area contributed by atoms with E-state index in [9.17, 15) is 9.59 Å². The largest absolute Gasteiger partial charge is 0.365 e. The van der Waals surface area contributed by atoms with E-state index >= 15 is 0 Å². The number of pyridine rings is 2. The lowest BCUT2D eigenvalue weighted by molar-refractivity contribution is -0.126. The fourth-order valence-corrected chi connectivity index (χ4v) is 5.82. The Morgan fingerprint density at radius 2 is 2.06 bits per heavy atom. The predicted molar refractivity (Wildman–Crippen MR) is 134 cm³/mol. The molecule has 0 radical (unpaired) electrons. The first kappa shape index (κ1) is 22.1. The number of thiophene rings is 1. The molecule has 33 heavy (non-hydrogen) atoms. The number of hydrogen-bond donors (Lipinski definition) is 4. The van der Waals surface area contributed by atoms with Crippen LogP contribution in [-0.4, -0.2) is 41.0 Å². The van der Waals surface area contributed by atoms with Crippen molar-refractivity contribution in [1.82, 2.24) is 20.6 Å². The third-order valence-electron chi connectivity index (χ3n) is 6.96. The molecule has 2 fully saturated rings. The molecule has 3 aromatic heterocycles. The van der Waals surface area contributed by atoms with E-state index in [4.69, 9.17) is 4.98 Å². The summed E-state index contributed by atoms with van der Waals surface area (Å²) >= 11 is 1.65. The van der Waals surface area contributed by atoms with E-state index in [-0.39, 0.29) is 29.5 Å². The van der Waals surface area contributed by atoms with Crippen molar-refractivity contribution in [3.05, 3.63) is 45.7 Å². The van der Waals surface area contributed by atoms with Crippen LogP contribution in [0.1, 0.15) is 44.1 Å². The number of carbonyl (C=O) groups is 1. The fourth-order valence-electron chi connectivity index (χ4n) is 5.07. The van der Waals surface area contributed by atoms with E-state index in [0.717, 1.165) is 41.6 Å². The highest BCUT2D eigenvalue weighted by Crippen LogP contribution is 2.33. The number of aromatic amines is 1. The minimum Gasteiger partial charge on any atom is -0.365 e. The van der Waals surface area contributed by atoms with E-state index in [2.05, 4.69) is 27.0 Å². The number of aromatic nitrogens is 2. The number of anilines is 1. The van der Waals surface area contributed by atoms with Crippen molar-refractivity contribution in [2.75, 3.05) is 18.4 Å². The van der Waals surface area contributed by atoms with Crippen LogP contribution in [0.3, 0.4) is 0 Å². The van der Waals surface area contributed by atoms with Crippen LogP contribution in [0.5, 0.6) is 0 Å².